The zero-order valence-electron chi connectivity index (χ0n) is 41.5. The molecule has 390 valence electrons. The number of Topliss-reactive ketones (excluding diaryl/α,β-unsaturated/α-hetero) is 2. The molecule has 4 aliphatic rings. The Hall–Kier alpha value is -7.67. The molecule has 0 bridgehead atoms. The number of carbonyl (C=O) groups excluding carboxylic acids is 6. The number of hydrogen-bond acceptors (Lipinski definition) is 10. The number of sulfone groups is 1. The van der Waals surface area contributed by atoms with Crippen molar-refractivity contribution in [1.82, 2.24) is 0 Å². The standard InChI is InChI=1S/C24H27NO4S.C17H15NO3.C12H12O3.2CF2O/c1-23(2)19-15-17(21(26)16-24(3)11-13-30(28,29)14-12-24)9-10-20(19)25(22(23)27)18-7-5-4-6-8-18;1-17(2)13-10-11(15(19)20)8-9-14(13)18(16(17)21)12-6-4-3-5-7-12;1-12(2)9-5-8(11(14)15)4-3-7(9)6-10(12)13;2*2-1(3)4/h4-10,15H,11-14,16H2,1-3H3;3-10H,1-2H3,(H,19,20);3-5H,6H2,1-2H3,(H,14,15);;. The maximum absolute atomic E-state index is 13.2. The number of hydrogen-bond donors (Lipinski definition) is 2. The average Bonchev–Trinajstić information content (AvgIpc) is 3.78. The molecule has 1 fully saturated rings. The Balaban J connectivity index is 0.000000200. The third kappa shape index (κ3) is 12.7. The molecule has 2 amide bonds. The Labute approximate surface area is 424 Å². The molecule has 0 atom stereocenters. The number of carboxylic acid groups (broad SMARTS) is 2. The van der Waals surface area contributed by atoms with Gasteiger partial charge in [0.2, 0.25) is 11.8 Å². The van der Waals surface area contributed by atoms with Crippen molar-refractivity contribution < 1.29 is 74.5 Å². The number of ketones is 2. The molecule has 0 unspecified atom stereocenters. The molecule has 74 heavy (non-hydrogen) atoms. The van der Waals surface area contributed by atoms with Crippen LogP contribution < -0.4 is 9.80 Å². The topological polar surface area (TPSA) is 218 Å². The van der Waals surface area contributed by atoms with E-state index < -0.39 is 50.6 Å². The fourth-order valence-corrected chi connectivity index (χ4v) is 10.9. The second-order valence-electron chi connectivity index (χ2n) is 19.9. The molecule has 0 saturated carbocycles. The van der Waals surface area contributed by atoms with E-state index in [1.165, 1.54) is 6.07 Å². The number of aromatic carboxylic acids is 2. The molecule has 19 heteroatoms. The van der Waals surface area contributed by atoms with Gasteiger partial charge in [-0.2, -0.15) is 0 Å². The Morgan fingerprint density at radius 1 is 0.527 bits per heavy atom. The first-order chi connectivity index (χ1) is 34.3. The van der Waals surface area contributed by atoms with Crippen molar-refractivity contribution in [3.8, 4) is 0 Å². The molecule has 3 aliphatic heterocycles. The number of rotatable bonds is 7. The van der Waals surface area contributed by atoms with Crippen LogP contribution in [0.4, 0.5) is 49.9 Å². The van der Waals surface area contributed by atoms with E-state index >= 15 is 0 Å². The third-order valence-electron chi connectivity index (χ3n) is 13.6. The van der Waals surface area contributed by atoms with E-state index in [2.05, 4.69) is 0 Å². The van der Waals surface area contributed by atoms with Gasteiger partial charge in [-0.15, -0.1) is 17.6 Å². The van der Waals surface area contributed by atoms with E-state index in [1.807, 2.05) is 121 Å². The highest BCUT2D eigenvalue weighted by Crippen LogP contribution is 2.47. The number of amides is 2. The van der Waals surface area contributed by atoms with Crippen LogP contribution >= 0.6 is 0 Å². The van der Waals surface area contributed by atoms with Gasteiger partial charge in [0.1, 0.15) is 15.6 Å². The van der Waals surface area contributed by atoms with Gasteiger partial charge in [0.15, 0.2) is 5.78 Å². The molecule has 0 spiro atoms. The van der Waals surface area contributed by atoms with Crippen molar-refractivity contribution in [2.75, 3.05) is 21.3 Å². The summed E-state index contributed by atoms with van der Waals surface area (Å²) in [5.74, 6) is -1.56. The molecule has 5 aromatic rings. The first-order valence-corrected chi connectivity index (χ1v) is 24.8. The summed E-state index contributed by atoms with van der Waals surface area (Å²) >= 11 is 0. The predicted octanol–water partition coefficient (Wildman–Crippen LogP) is 11.6. The molecule has 1 aliphatic carbocycles. The summed E-state index contributed by atoms with van der Waals surface area (Å²) < 4.78 is 62.3. The SMILES string of the molecule is CC1(C)C(=O)Cc2ccc(C(=O)O)cc21.CC1(C)C(=O)N(c2ccccc2)c2ccc(C(=O)O)cc21.CC1(CC(=O)c2ccc3c(c2)C(C)(C)C(=O)N3c2ccccc2)CCS(=O)(=O)CC1.O=C(F)F.O=C(F)F. The fourth-order valence-electron chi connectivity index (χ4n) is 9.13. The average molecular weight is 1040 g/mol. The summed E-state index contributed by atoms with van der Waals surface area (Å²) in [6, 6.07) is 34.1. The van der Waals surface area contributed by atoms with Crippen LogP contribution in [0.2, 0.25) is 0 Å². The van der Waals surface area contributed by atoms with Crippen LogP contribution in [-0.4, -0.2) is 78.0 Å². The van der Waals surface area contributed by atoms with E-state index in [-0.39, 0.29) is 51.4 Å². The van der Waals surface area contributed by atoms with Gasteiger partial charge in [0, 0.05) is 35.2 Å². The number of nitrogens with zero attached hydrogens (tertiary/aromatic N) is 2. The molecular weight excluding hydrogens is 989 g/mol. The van der Waals surface area contributed by atoms with Crippen LogP contribution in [0.3, 0.4) is 0 Å². The van der Waals surface area contributed by atoms with Gasteiger partial charge in [-0.3, -0.25) is 29.0 Å². The highest BCUT2D eigenvalue weighted by atomic mass is 32.2. The molecule has 14 nitrogen and oxygen atoms in total. The normalized spacial score (nSPS) is 17.4. The maximum Gasteiger partial charge on any atom is 0.483 e. The van der Waals surface area contributed by atoms with Crippen LogP contribution in [-0.2, 0) is 46.9 Å². The smallest absolute Gasteiger partial charge is 0.478 e. The summed E-state index contributed by atoms with van der Waals surface area (Å²) in [5, 5.41) is 18.0. The molecule has 1 saturated heterocycles. The van der Waals surface area contributed by atoms with Gasteiger partial charge in [0.25, 0.3) is 0 Å². The van der Waals surface area contributed by atoms with Crippen molar-refractivity contribution in [2.24, 2.45) is 5.41 Å². The van der Waals surface area contributed by atoms with Crippen LogP contribution in [0.15, 0.2) is 115 Å². The van der Waals surface area contributed by atoms with Gasteiger partial charge in [-0.1, -0.05) is 49.4 Å². The summed E-state index contributed by atoms with van der Waals surface area (Å²) in [4.78, 5) is 92.2. The van der Waals surface area contributed by atoms with Crippen molar-refractivity contribution in [3.05, 3.63) is 154 Å². The number of carboxylic acids is 2. The molecule has 9 rings (SSSR count). The van der Waals surface area contributed by atoms with Crippen molar-refractivity contribution in [2.45, 2.75) is 90.4 Å². The molecule has 0 aromatic heterocycles. The van der Waals surface area contributed by atoms with Crippen molar-refractivity contribution in [3.63, 3.8) is 0 Å². The summed E-state index contributed by atoms with van der Waals surface area (Å²) in [6.45, 7) is 13.1. The minimum atomic E-state index is -2.97. The fraction of sp³-hybridized carbons (Fsp3) is 0.309. The first-order valence-electron chi connectivity index (χ1n) is 23.0. The van der Waals surface area contributed by atoms with E-state index in [4.69, 9.17) is 19.8 Å². The molecule has 3 heterocycles. The molecule has 0 radical (unpaired) electrons. The van der Waals surface area contributed by atoms with Crippen LogP contribution in [0.5, 0.6) is 0 Å². The number of carbonyl (C=O) groups is 8. The van der Waals surface area contributed by atoms with Gasteiger partial charge >= 0.3 is 24.5 Å². The van der Waals surface area contributed by atoms with E-state index in [0.717, 1.165) is 45.0 Å². The minimum Gasteiger partial charge on any atom is -0.478 e. The summed E-state index contributed by atoms with van der Waals surface area (Å²) in [7, 11) is -2.97. The second kappa shape index (κ2) is 22.2. The van der Waals surface area contributed by atoms with E-state index in [9.17, 15) is 54.7 Å². The number of para-hydroxylation sites is 2. The quantitative estimate of drug-likeness (QED) is 0.0884. The number of anilines is 4. The molecule has 2 N–H and O–H groups in total. The lowest BCUT2D eigenvalue weighted by molar-refractivity contribution is -0.122. The highest BCUT2D eigenvalue weighted by molar-refractivity contribution is 7.91. The first kappa shape index (κ1) is 57.2. The zero-order valence-corrected chi connectivity index (χ0v) is 42.3. The number of halogens is 4. The van der Waals surface area contributed by atoms with Gasteiger partial charge in [-0.25, -0.2) is 27.6 Å². The minimum absolute atomic E-state index is 0.000933. The lowest BCUT2D eigenvalue weighted by atomic mass is 9.78. The zero-order chi connectivity index (χ0) is 55.3. The highest BCUT2D eigenvalue weighted by Gasteiger charge is 2.46. The van der Waals surface area contributed by atoms with Crippen LogP contribution in [0.25, 0.3) is 0 Å². The van der Waals surface area contributed by atoms with Gasteiger partial charge < -0.3 is 10.2 Å². The van der Waals surface area contributed by atoms with Crippen LogP contribution in [0, 0.1) is 5.41 Å². The second-order valence-corrected chi connectivity index (χ2v) is 22.2. The Morgan fingerprint density at radius 3 is 1.30 bits per heavy atom. The van der Waals surface area contributed by atoms with Crippen molar-refractivity contribution >= 4 is 80.5 Å². The van der Waals surface area contributed by atoms with Crippen molar-refractivity contribution in [1.29, 1.82) is 0 Å². The number of fused-ring (bicyclic) bond motifs is 3. The Morgan fingerprint density at radius 2 is 0.892 bits per heavy atom. The Kier molecular flexibility index (Phi) is 17.2. The Bertz CT molecular complexity index is 3130. The largest absolute Gasteiger partial charge is 0.483 e. The molecule has 5 aromatic carbocycles. The van der Waals surface area contributed by atoms with Gasteiger partial charge in [0.05, 0.1) is 44.8 Å². The summed E-state index contributed by atoms with van der Waals surface area (Å²) in [6.07, 6.45) is -3.91. The molecular formula is C55H54F4N2O12S. The van der Waals surface area contributed by atoms with E-state index in [0.29, 0.717) is 31.2 Å². The lowest BCUT2D eigenvalue weighted by Gasteiger charge is -2.32. The van der Waals surface area contributed by atoms with Crippen LogP contribution in [0.1, 0.15) is 121 Å². The summed E-state index contributed by atoms with van der Waals surface area (Å²) in [5.41, 5.74) is 5.27. The van der Waals surface area contributed by atoms with Gasteiger partial charge in [-0.05, 0) is 155 Å². The maximum atomic E-state index is 13.2. The third-order valence-corrected chi connectivity index (χ3v) is 15.2. The predicted molar refractivity (Wildman–Crippen MR) is 268 cm³/mol. The lowest BCUT2D eigenvalue weighted by Crippen LogP contribution is -2.33. The van der Waals surface area contributed by atoms with E-state index in [1.54, 1.807) is 46.2 Å². The monoisotopic (exact) mass is 1040 g/mol. The number of benzene rings is 5.